The molecule has 4 aromatic rings. The number of carbonyl (C=O) groups is 1. The van der Waals surface area contributed by atoms with E-state index in [0.29, 0.717) is 20.7 Å². The van der Waals surface area contributed by atoms with E-state index in [4.69, 9.17) is 16.0 Å². The molecule has 2 heterocycles. The van der Waals surface area contributed by atoms with Gasteiger partial charge in [0.1, 0.15) is 0 Å². The number of rotatable bonds is 4. The average Bonchev–Trinajstić information content (AvgIpc) is 3.31. The van der Waals surface area contributed by atoms with Gasteiger partial charge in [-0.3, -0.25) is 4.79 Å². The zero-order valence-corrected chi connectivity index (χ0v) is 16.5. The fourth-order valence-corrected chi connectivity index (χ4v) is 3.32. The van der Waals surface area contributed by atoms with Crippen LogP contribution in [-0.4, -0.2) is 25.8 Å². The summed E-state index contributed by atoms with van der Waals surface area (Å²) in [5.41, 5.74) is 2.64. The van der Waals surface area contributed by atoms with Gasteiger partial charge in [0, 0.05) is 17.5 Å². The van der Waals surface area contributed by atoms with E-state index in [0.717, 1.165) is 28.2 Å². The van der Waals surface area contributed by atoms with Crippen LogP contribution in [0.5, 0.6) is 0 Å². The lowest BCUT2D eigenvalue weighted by atomic mass is 10.2. The molecule has 0 radical (unpaired) electrons. The van der Waals surface area contributed by atoms with E-state index < -0.39 is 0 Å². The van der Waals surface area contributed by atoms with Gasteiger partial charge in [-0.15, -0.1) is 5.10 Å². The highest BCUT2D eigenvalue weighted by Crippen LogP contribution is 2.22. The average molecular weight is 412 g/mol. The molecule has 0 saturated heterocycles. The van der Waals surface area contributed by atoms with Gasteiger partial charge in [0.05, 0.1) is 5.69 Å². The van der Waals surface area contributed by atoms with Gasteiger partial charge in [-0.25, -0.2) is 4.68 Å². The molecule has 0 aliphatic heterocycles. The van der Waals surface area contributed by atoms with Crippen molar-refractivity contribution in [3.05, 3.63) is 68.9 Å². The second-order valence-electron chi connectivity index (χ2n) is 6.00. The van der Waals surface area contributed by atoms with Crippen LogP contribution in [0, 0.1) is 6.92 Å². The number of aromatic nitrogens is 4. The van der Waals surface area contributed by atoms with Gasteiger partial charge in [0.25, 0.3) is 0 Å². The van der Waals surface area contributed by atoms with Gasteiger partial charge >= 0.3 is 6.01 Å². The Morgan fingerprint density at radius 1 is 1.11 bits per heavy atom. The Balaban J connectivity index is 1.78. The molecule has 0 N–H and O–H groups in total. The van der Waals surface area contributed by atoms with Crippen LogP contribution in [0.25, 0.3) is 17.1 Å². The summed E-state index contributed by atoms with van der Waals surface area (Å²) in [6, 6.07) is 14.9. The van der Waals surface area contributed by atoms with Crippen LogP contribution < -0.4 is 4.80 Å². The summed E-state index contributed by atoms with van der Waals surface area (Å²) in [6.07, 6.45) is 0. The topological polar surface area (TPSA) is 86.2 Å². The zero-order chi connectivity index (χ0) is 19.7. The summed E-state index contributed by atoms with van der Waals surface area (Å²) in [4.78, 5) is 16.7. The van der Waals surface area contributed by atoms with E-state index in [1.54, 1.807) is 28.9 Å². The number of Topliss-reactive ketones (excluding diaryl/α,β-unsaturated/α-hetero) is 1. The van der Waals surface area contributed by atoms with E-state index in [2.05, 4.69) is 20.3 Å². The number of halogens is 1. The molecule has 0 aliphatic carbocycles. The van der Waals surface area contributed by atoms with Crippen molar-refractivity contribution in [3.8, 4) is 17.1 Å². The number of benzene rings is 2. The summed E-state index contributed by atoms with van der Waals surface area (Å²) in [7, 11) is 0. The van der Waals surface area contributed by atoms with Crippen molar-refractivity contribution in [1.29, 1.82) is 0 Å². The lowest BCUT2D eigenvalue weighted by molar-refractivity contribution is 0.101. The standard InChI is InChI=1S/C19H14ClN5O2S/c1-11-3-9-15(10-4-11)25-19(28-17(24-25)12(2)26)21-18-23-22-16(27-18)13-5-7-14(20)8-6-13/h3-10H,1-2H3. The van der Waals surface area contributed by atoms with E-state index in [1.807, 2.05) is 31.2 Å². The third kappa shape index (κ3) is 3.78. The quantitative estimate of drug-likeness (QED) is 0.465. The molecule has 4 rings (SSSR count). The summed E-state index contributed by atoms with van der Waals surface area (Å²) in [5.74, 6) is 0.188. The molecule has 0 saturated carbocycles. The number of carbonyl (C=O) groups excluding carboxylic acids is 1. The van der Waals surface area contributed by atoms with E-state index in [9.17, 15) is 4.79 Å². The van der Waals surface area contributed by atoms with Crippen LogP contribution in [0.15, 0.2) is 57.9 Å². The van der Waals surface area contributed by atoms with Crippen molar-refractivity contribution in [2.45, 2.75) is 13.8 Å². The SMILES string of the molecule is CC(=O)c1nn(-c2ccc(C)cc2)c(=Nc2nnc(-c3ccc(Cl)cc3)o2)s1. The second kappa shape index (κ2) is 7.49. The molecular formula is C19H14ClN5O2S. The maximum atomic E-state index is 11.8. The number of nitrogens with zero attached hydrogens (tertiary/aromatic N) is 5. The molecule has 140 valence electrons. The van der Waals surface area contributed by atoms with Gasteiger partial charge in [-0.1, -0.05) is 45.7 Å². The van der Waals surface area contributed by atoms with Gasteiger partial charge in [0.15, 0.2) is 10.8 Å². The van der Waals surface area contributed by atoms with Crippen LogP contribution in [0.3, 0.4) is 0 Å². The Morgan fingerprint density at radius 2 is 1.82 bits per heavy atom. The van der Waals surface area contributed by atoms with Crippen molar-refractivity contribution >= 4 is 34.7 Å². The highest BCUT2D eigenvalue weighted by molar-refractivity contribution is 7.11. The minimum absolute atomic E-state index is 0.0737. The predicted octanol–water partition coefficient (Wildman–Crippen LogP) is 4.38. The molecule has 0 fully saturated rings. The monoisotopic (exact) mass is 411 g/mol. The summed E-state index contributed by atoms with van der Waals surface area (Å²) in [5, 5.41) is 13.3. The van der Waals surface area contributed by atoms with Gasteiger partial charge in [0.2, 0.25) is 10.7 Å². The summed E-state index contributed by atoms with van der Waals surface area (Å²) >= 11 is 7.06. The second-order valence-corrected chi connectivity index (χ2v) is 7.39. The third-order valence-corrected chi connectivity index (χ3v) is 5.10. The number of hydrogen-bond donors (Lipinski definition) is 0. The molecule has 0 bridgehead atoms. The molecular weight excluding hydrogens is 398 g/mol. The largest absolute Gasteiger partial charge is 0.402 e. The normalized spacial score (nSPS) is 11.8. The molecule has 0 unspecified atom stereocenters. The first-order valence-electron chi connectivity index (χ1n) is 8.32. The molecule has 0 atom stereocenters. The number of aryl methyl sites for hydroxylation is 1. The Morgan fingerprint density at radius 3 is 2.50 bits per heavy atom. The van der Waals surface area contributed by atoms with Crippen molar-refractivity contribution in [2.24, 2.45) is 4.99 Å². The fraction of sp³-hybridized carbons (Fsp3) is 0.105. The highest BCUT2D eigenvalue weighted by Gasteiger charge is 2.13. The van der Waals surface area contributed by atoms with Crippen molar-refractivity contribution in [1.82, 2.24) is 20.0 Å². The first-order chi connectivity index (χ1) is 13.5. The maximum Gasteiger partial charge on any atom is 0.345 e. The highest BCUT2D eigenvalue weighted by atomic mass is 35.5. The smallest absolute Gasteiger partial charge is 0.345 e. The lowest BCUT2D eigenvalue weighted by Gasteiger charge is -2.00. The Hall–Kier alpha value is -3.10. The van der Waals surface area contributed by atoms with Crippen LogP contribution in [0.4, 0.5) is 6.01 Å². The van der Waals surface area contributed by atoms with Gasteiger partial charge < -0.3 is 4.42 Å². The Labute approximate surface area is 169 Å². The molecule has 0 spiro atoms. The molecule has 2 aromatic carbocycles. The van der Waals surface area contributed by atoms with Crippen LogP contribution >= 0.6 is 22.9 Å². The molecule has 0 aliphatic rings. The van der Waals surface area contributed by atoms with Crippen molar-refractivity contribution in [2.75, 3.05) is 0 Å². The number of hydrogen-bond acceptors (Lipinski definition) is 7. The summed E-state index contributed by atoms with van der Waals surface area (Å²) < 4.78 is 7.23. The van der Waals surface area contributed by atoms with Crippen molar-refractivity contribution in [3.63, 3.8) is 0 Å². The summed E-state index contributed by atoms with van der Waals surface area (Å²) in [6.45, 7) is 3.46. The zero-order valence-electron chi connectivity index (χ0n) is 15.0. The predicted molar refractivity (Wildman–Crippen MR) is 106 cm³/mol. The van der Waals surface area contributed by atoms with E-state index in [1.165, 1.54) is 6.92 Å². The van der Waals surface area contributed by atoms with E-state index in [-0.39, 0.29) is 11.8 Å². The van der Waals surface area contributed by atoms with Gasteiger partial charge in [-0.05, 0) is 43.3 Å². The lowest BCUT2D eigenvalue weighted by Crippen LogP contribution is -2.14. The molecule has 0 amide bonds. The molecule has 2 aromatic heterocycles. The minimum atomic E-state index is -0.139. The molecule has 7 nitrogen and oxygen atoms in total. The maximum absolute atomic E-state index is 11.8. The molecule has 28 heavy (non-hydrogen) atoms. The first kappa shape index (κ1) is 18.3. The van der Waals surface area contributed by atoms with Gasteiger partial charge in [-0.2, -0.15) is 10.1 Å². The molecule has 9 heteroatoms. The minimum Gasteiger partial charge on any atom is -0.402 e. The van der Waals surface area contributed by atoms with Crippen LogP contribution in [-0.2, 0) is 0 Å². The third-order valence-electron chi connectivity index (χ3n) is 3.84. The van der Waals surface area contributed by atoms with E-state index >= 15 is 0 Å². The Kier molecular flexibility index (Phi) is 4.89. The van der Waals surface area contributed by atoms with Crippen molar-refractivity contribution < 1.29 is 9.21 Å². The van der Waals surface area contributed by atoms with Crippen LogP contribution in [0.1, 0.15) is 22.3 Å². The Bertz CT molecular complexity index is 1210. The fourth-order valence-electron chi connectivity index (χ4n) is 2.40. The first-order valence-corrected chi connectivity index (χ1v) is 9.51. The van der Waals surface area contributed by atoms with Crippen LogP contribution in [0.2, 0.25) is 5.02 Å². The number of ketones is 1.